The van der Waals surface area contributed by atoms with E-state index < -0.39 is 0 Å². The van der Waals surface area contributed by atoms with Crippen molar-refractivity contribution in [1.82, 2.24) is 5.43 Å². The van der Waals surface area contributed by atoms with E-state index in [1.54, 1.807) is 37.3 Å². The van der Waals surface area contributed by atoms with Gasteiger partial charge in [0.15, 0.2) is 0 Å². The van der Waals surface area contributed by atoms with Crippen LogP contribution in [0.25, 0.3) is 0 Å². The molecule has 0 aromatic heterocycles. The summed E-state index contributed by atoms with van der Waals surface area (Å²) in [5.74, 6) is -0.210. The first-order chi connectivity index (χ1) is 12.8. The lowest BCUT2D eigenvalue weighted by Crippen LogP contribution is -2.20. The molecule has 0 saturated heterocycles. The second-order valence-electron chi connectivity index (χ2n) is 6.49. The van der Waals surface area contributed by atoms with Crippen molar-refractivity contribution in [3.05, 3.63) is 63.6 Å². The molecule has 2 rings (SSSR count). The summed E-state index contributed by atoms with van der Waals surface area (Å²) in [5.41, 5.74) is 4.87. The van der Waals surface area contributed by atoms with Crippen LogP contribution < -0.4 is 10.7 Å². The molecule has 2 aromatic rings. The van der Waals surface area contributed by atoms with Crippen LogP contribution in [0.5, 0.6) is 0 Å². The first-order valence-electron chi connectivity index (χ1n) is 8.46. The van der Waals surface area contributed by atoms with Gasteiger partial charge in [0.25, 0.3) is 5.91 Å². The van der Waals surface area contributed by atoms with Gasteiger partial charge in [-0.25, -0.2) is 5.43 Å². The molecule has 0 unspecified atom stereocenters. The lowest BCUT2D eigenvalue weighted by Gasteiger charge is -2.09. The smallest absolute Gasteiger partial charge is 0.257 e. The van der Waals surface area contributed by atoms with Crippen molar-refractivity contribution in [3.8, 4) is 0 Å². The molecule has 2 amide bonds. The van der Waals surface area contributed by atoms with Crippen LogP contribution in [-0.2, 0) is 4.79 Å². The highest BCUT2D eigenvalue weighted by Gasteiger charge is 2.11. The molecule has 2 aromatic carbocycles. The van der Waals surface area contributed by atoms with Crippen molar-refractivity contribution in [2.75, 3.05) is 5.32 Å². The zero-order valence-corrected chi connectivity index (χ0v) is 16.9. The van der Waals surface area contributed by atoms with E-state index in [1.165, 1.54) is 6.07 Å². The zero-order valence-electron chi connectivity index (χ0n) is 15.3. The number of rotatable bonds is 6. The van der Waals surface area contributed by atoms with E-state index in [-0.39, 0.29) is 22.8 Å². The van der Waals surface area contributed by atoms with Crippen LogP contribution in [0.15, 0.2) is 47.6 Å². The molecule has 0 saturated carbocycles. The molecule has 0 aliphatic heterocycles. The zero-order chi connectivity index (χ0) is 20.0. The van der Waals surface area contributed by atoms with Gasteiger partial charge in [-0.05, 0) is 48.7 Å². The highest BCUT2D eigenvalue weighted by atomic mass is 35.5. The number of amides is 2. The third-order valence-electron chi connectivity index (χ3n) is 3.66. The van der Waals surface area contributed by atoms with Crippen molar-refractivity contribution in [2.45, 2.75) is 27.2 Å². The SMILES string of the molecule is C/C(=N/NC(=O)CC(C)C)c1cccc(NC(=O)c2ccc(Cl)cc2Cl)c1. The van der Waals surface area contributed by atoms with Crippen LogP contribution in [0, 0.1) is 5.92 Å². The van der Waals surface area contributed by atoms with Gasteiger partial charge >= 0.3 is 0 Å². The van der Waals surface area contributed by atoms with Crippen molar-refractivity contribution in [1.29, 1.82) is 0 Å². The van der Waals surface area contributed by atoms with Gasteiger partial charge < -0.3 is 5.32 Å². The predicted molar refractivity (Wildman–Crippen MR) is 111 cm³/mol. The number of hydrogen-bond donors (Lipinski definition) is 2. The Balaban J connectivity index is 2.10. The third kappa shape index (κ3) is 6.38. The number of nitrogens with one attached hydrogen (secondary N) is 2. The fourth-order valence-electron chi connectivity index (χ4n) is 2.32. The van der Waals surface area contributed by atoms with Crippen molar-refractivity contribution in [3.63, 3.8) is 0 Å². The summed E-state index contributed by atoms with van der Waals surface area (Å²) in [6, 6.07) is 11.9. The number of halogens is 2. The summed E-state index contributed by atoms with van der Waals surface area (Å²) in [4.78, 5) is 24.1. The minimum atomic E-state index is -0.339. The number of carbonyl (C=O) groups excluding carboxylic acids is 2. The van der Waals surface area contributed by atoms with Gasteiger partial charge in [0.2, 0.25) is 5.91 Å². The van der Waals surface area contributed by atoms with Crippen molar-refractivity contribution >= 4 is 46.4 Å². The minimum absolute atomic E-state index is 0.133. The molecule has 5 nitrogen and oxygen atoms in total. The Bertz CT molecular complexity index is 879. The molecule has 7 heteroatoms. The number of anilines is 1. The summed E-state index contributed by atoms with van der Waals surface area (Å²) >= 11 is 11.9. The first-order valence-corrected chi connectivity index (χ1v) is 9.22. The lowest BCUT2D eigenvalue weighted by atomic mass is 10.1. The van der Waals surface area contributed by atoms with Crippen LogP contribution in [0.1, 0.15) is 43.1 Å². The Labute approximate surface area is 168 Å². The fraction of sp³-hybridized carbons (Fsp3) is 0.250. The maximum atomic E-state index is 12.4. The Hall–Kier alpha value is -2.37. The van der Waals surface area contributed by atoms with E-state index in [0.717, 1.165) is 5.56 Å². The normalized spacial score (nSPS) is 11.4. The van der Waals surface area contributed by atoms with Gasteiger partial charge in [-0.1, -0.05) is 49.2 Å². The van der Waals surface area contributed by atoms with Crippen LogP contribution in [-0.4, -0.2) is 17.5 Å². The predicted octanol–water partition coefficient (Wildman–Crippen LogP) is 5.13. The topological polar surface area (TPSA) is 70.6 Å². The maximum Gasteiger partial charge on any atom is 0.257 e. The Morgan fingerprint density at radius 1 is 1.11 bits per heavy atom. The molecule has 142 valence electrons. The third-order valence-corrected chi connectivity index (χ3v) is 4.20. The van der Waals surface area contributed by atoms with Gasteiger partial charge in [-0.2, -0.15) is 5.10 Å². The molecule has 0 aliphatic rings. The second kappa shape index (κ2) is 9.53. The van der Waals surface area contributed by atoms with Crippen molar-refractivity contribution < 1.29 is 9.59 Å². The van der Waals surface area contributed by atoms with Gasteiger partial charge in [0, 0.05) is 17.1 Å². The van der Waals surface area contributed by atoms with E-state index in [9.17, 15) is 9.59 Å². The van der Waals surface area contributed by atoms with Crippen LogP contribution in [0.3, 0.4) is 0 Å². The average molecular weight is 406 g/mol. The number of hydrogen-bond acceptors (Lipinski definition) is 3. The Morgan fingerprint density at radius 2 is 1.85 bits per heavy atom. The highest BCUT2D eigenvalue weighted by molar-refractivity contribution is 6.37. The fourth-order valence-corrected chi connectivity index (χ4v) is 2.82. The number of hydrazone groups is 1. The highest BCUT2D eigenvalue weighted by Crippen LogP contribution is 2.22. The van der Waals surface area contributed by atoms with E-state index in [2.05, 4.69) is 15.8 Å². The first kappa shape index (κ1) is 20.9. The molecule has 2 N–H and O–H groups in total. The largest absolute Gasteiger partial charge is 0.322 e. The monoisotopic (exact) mass is 405 g/mol. The second-order valence-corrected chi connectivity index (χ2v) is 7.33. The quantitative estimate of drug-likeness (QED) is 0.516. The Kier molecular flexibility index (Phi) is 7.39. The summed E-state index contributed by atoms with van der Waals surface area (Å²) in [6.45, 7) is 5.72. The standard InChI is InChI=1S/C20H21Cl2N3O2/c1-12(2)9-19(26)25-24-13(3)14-5-4-6-16(10-14)23-20(27)17-8-7-15(21)11-18(17)22/h4-8,10-12H,9H2,1-3H3,(H,23,27)(H,25,26)/b24-13-. The lowest BCUT2D eigenvalue weighted by molar-refractivity contribution is -0.121. The molecule has 0 spiro atoms. The summed E-state index contributed by atoms with van der Waals surface area (Å²) in [5, 5.41) is 7.66. The van der Waals surface area contributed by atoms with Gasteiger partial charge in [-0.15, -0.1) is 0 Å². The van der Waals surface area contributed by atoms with Crippen LogP contribution in [0.4, 0.5) is 5.69 Å². The molecule has 27 heavy (non-hydrogen) atoms. The maximum absolute atomic E-state index is 12.4. The number of carbonyl (C=O) groups is 2. The molecule has 0 aliphatic carbocycles. The molecular formula is C20H21Cl2N3O2. The van der Waals surface area contributed by atoms with E-state index in [4.69, 9.17) is 23.2 Å². The molecule has 0 heterocycles. The molecule has 0 atom stereocenters. The van der Waals surface area contributed by atoms with Crippen molar-refractivity contribution in [2.24, 2.45) is 11.0 Å². The molecule has 0 bridgehead atoms. The van der Waals surface area contributed by atoms with Crippen LogP contribution >= 0.6 is 23.2 Å². The molecular weight excluding hydrogens is 385 g/mol. The Morgan fingerprint density at radius 3 is 2.52 bits per heavy atom. The van der Waals surface area contributed by atoms with Gasteiger partial charge in [0.05, 0.1) is 16.3 Å². The van der Waals surface area contributed by atoms with E-state index in [0.29, 0.717) is 28.4 Å². The number of benzene rings is 2. The van der Waals surface area contributed by atoms with E-state index >= 15 is 0 Å². The van der Waals surface area contributed by atoms with Gasteiger partial charge in [0.1, 0.15) is 0 Å². The van der Waals surface area contributed by atoms with Gasteiger partial charge in [-0.3, -0.25) is 9.59 Å². The minimum Gasteiger partial charge on any atom is -0.322 e. The van der Waals surface area contributed by atoms with Crippen LogP contribution in [0.2, 0.25) is 10.0 Å². The molecule has 0 fully saturated rings. The summed E-state index contributed by atoms with van der Waals surface area (Å²) in [7, 11) is 0. The summed E-state index contributed by atoms with van der Waals surface area (Å²) < 4.78 is 0. The average Bonchev–Trinajstić information content (AvgIpc) is 2.59. The molecule has 0 radical (unpaired) electrons. The van der Waals surface area contributed by atoms with E-state index in [1.807, 2.05) is 19.9 Å². The number of nitrogens with zero attached hydrogens (tertiary/aromatic N) is 1. The summed E-state index contributed by atoms with van der Waals surface area (Å²) in [6.07, 6.45) is 0.411.